The summed E-state index contributed by atoms with van der Waals surface area (Å²) >= 11 is 0. The van der Waals surface area contributed by atoms with E-state index in [2.05, 4.69) is 47.9 Å². The molecule has 1 fully saturated rings. The summed E-state index contributed by atoms with van der Waals surface area (Å²) in [6, 6.07) is -3.40. The second-order valence-electron chi connectivity index (χ2n) is 18.9. The average Bonchev–Trinajstić information content (AvgIpc) is 3.35. The van der Waals surface area contributed by atoms with Crippen LogP contribution >= 0.6 is 0 Å². The first-order chi connectivity index (χ1) is 34.7. The van der Waals surface area contributed by atoms with Crippen LogP contribution in [0.25, 0.3) is 0 Å². The first kappa shape index (κ1) is 63.3. The fourth-order valence-corrected chi connectivity index (χ4v) is 7.80. The Morgan fingerprint density at radius 1 is 0.616 bits per heavy atom. The van der Waals surface area contributed by atoms with Crippen molar-refractivity contribution in [2.45, 2.75) is 171 Å². The SMILES string of the molecule is CC(C)C[C@H]1NC(=O)[C@@H](Cc2ccccc2)NC(=O)[C@@H](CCCN)NC(=O)[C@H](NC(=O)[C@H](CCCN)NC(=O)[C@@H](N)[C@@H](C)O)CCCNC(=O)[C@H]([C@@H](C)O)NC(=O)[C@@H](CCCN)NC(=O)[C@H](CCCN)NC1=O. The number of rotatable bonds is 22. The molecule has 2 rings (SSSR count). The summed E-state index contributed by atoms with van der Waals surface area (Å²) < 4.78 is 0. The fraction of sp³-hybridized carbons (Fsp3) is 0.688. The molecule has 1 aromatic carbocycles. The zero-order valence-electron chi connectivity index (χ0n) is 42.8. The van der Waals surface area contributed by atoms with Crippen LogP contribution in [0.3, 0.4) is 0 Å². The topological polar surface area (TPSA) is 432 Å². The van der Waals surface area contributed by atoms with Crippen molar-refractivity contribution in [3.05, 3.63) is 35.9 Å². The minimum absolute atomic E-state index is 0.00665. The maximum atomic E-state index is 14.4. The number of aliphatic hydroxyl groups is 2. The summed E-state index contributed by atoms with van der Waals surface area (Å²) in [5.74, 6) is -7.48. The number of nitrogens with two attached hydrogens (primary N) is 5. The van der Waals surface area contributed by atoms with Gasteiger partial charge in [0, 0.05) is 13.0 Å². The average molecular weight is 1030 g/mol. The van der Waals surface area contributed by atoms with Crippen LogP contribution in [0.4, 0.5) is 0 Å². The van der Waals surface area contributed by atoms with Gasteiger partial charge >= 0.3 is 0 Å². The van der Waals surface area contributed by atoms with E-state index in [0.29, 0.717) is 5.56 Å². The van der Waals surface area contributed by atoms with Crippen molar-refractivity contribution < 1.29 is 53.4 Å². The largest absolute Gasteiger partial charge is 0.391 e. The Hall–Kier alpha value is -5.83. The van der Waals surface area contributed by atoms with E-state index in [1.807, 2.05) is 13.8 Å². The third kappa shape index (κ3) is 22.9. The molecule has 25 heteroatoms. The molecule has 21 N–H and O–H groups in total. The van der Waals surface area contributed by atoms with Crippen molar-refractivity contribution in [1.82, 2.24) is 47.9 Å². The fourth-order valence-electron chi connectivity index (χ4n) is 7.80. The molecule has 0 bridgehead atoms. The predicted molar refractivity (Wildman–Crippen MR) is 272 cm³/mol. The molecule has 0 aromatic heterocycles. The van der Waals surface area contributed by atoms with Gasteiger partial charge in [-0.05, 0) is 122 Å². The molecule has 1 heterocycles. The standard InChI is InChI=1S/C48H84N14O11/c1-27(2)25-36-45(70)58-31(15-8-20-49)40(65)56-34(18-11-23-52)44(69)62-39(29(4)64)48(73)54-24-12-19-35(57-41(66)33(17-10-22-51)59-47(72)38(53)28(3)63)42(67)55-32(16-9-21-50)43(68)61-37(46(71)60-36)26-30-13-6-5-7-14-30/h5-7,13-14,27-29,31-39,63-64H,8-12,15-26,49-53H2,1-4H3,(H,54,73)(H,55,67)(H,56,65)(H,57,66)(H,58,70)(H,59,72)(H,60,71)(H,61,68)(H,62,69)/t28-,29-,31+,32-,33+,34-,35-,36-,37-,38+,39+/m1/s1. The van der Waals surface area contributed by atoms with Crippen LogP contribution in [0.15, 0.2) is 30.3 Å². The second-order valence-corrected chi connectivity index (χ2v) is 18.9. The quantitative estimate of drug-likeness (QED) is 0.0518. The molecule has 1 aliphatic heterocycles. The van der Waals surface area contributed by atoms with Gasteiger partial charge in [-0.15, -0.1) is 0 Å². The number of nitrogens with one attached hydrogen (secondary N) is 9. The molecule has 1 aromatic rings. The van der Waals surface area contributed by atoms with Crippen LogP contribution < -0.4 is 76.5 Å². The zero-order chi connectivity index (χ0) is 54.6. The predicted octanol–water partition coefficient (Wildman–Crippen LogP) is -4.89. The monoisotopic (exact) mass is 1030 g/mol. The van der Waals surface area contributed by atoms with Gasteiger partial charge in [0.1, 0.15) is 54.4 Å². The molecule has 0 saturated carbocycles. The summed E-state index contributed by atoms with van der Waals surface area (Å²) in [5, 5.41) is 44.5. The molecule has 1 aliphatic rings. The number of carbonyl (C=O) groups excluding carboxylic acids is 9. The van der Waals surface area contributed by atoms with Gasteiger partial charge < -0.3 is 86.7 Å². The molecule has 0 aliphatic carbocycles. The summed E-state index contributed by atoms with van der Waals surface area (Å²) in [4.78, 5) is 126. The van der Waals surface area contributed by atoms with Crippen LogP contribution in [0, 0.1) is 5.92 Å². The maximum absolute atomic E-state index is 14.4. The summed E-state index contributed by atoms with van der Waals surface area (Å²) in [5.41, 5.74) is 29.6. The van der Waals surface area contributed by atoms with Crippen LogP contribution in [-0.2, 0) is 49.6 Å². The van der Waals surface area contributed by atoms with Gasteiger partial charge in [-0.2, -0.15) is 0 Å². The lowest BCUT2D eigenvalue weighted by atomic mass is 9.99. The Morgan fingerprint density at radius 3 is 1.58 bits per heavy atom. The van der Waals surface area contributed by atoms with E-state index in [1.165, 1.54) is 13.8 Å². The zero-order valence-corrected chi connectivity index (χ0v) is 42.8. The highest BCUT2D eigenvalue weighted by molar-refractivity contribution is 5.98. The minimum atomic E-state index is -1.55. The third-order valence-corrected chi connectivity index (χ3v) is 12.1. The first-order valence-electron chi connectivity index (χ1n) is 25.3. The Labute approximate surface area is 427 Å². The van der Waals surface area contributed by atoms with Crippen molar-refractivity contribution in [3.8, 4) is 0 Å². The van der Waals surface area contributed by atoms with E-state index in [0.717, 1.165) is 0 Å². The molecule has 11 atom stereocenters. The molecule has 0 radical (unpaired) electrons. The number of aliphatic hydroxyl groups excluding tert-OH is 2. The molecule has 0 unspecified atom stereocenters. The maximum Gasteiger partial charge on any atom is 0.245 e. The Morgan fingerprint density at radius 2 is 1.08 bits per heavy atom. The molecule has 412 valence electrons. The van der Waals surface area contributed by atoms with Crippen LogP contribution in [-0.4, -0.2) is 163 Å². The van der Waals surface area contributed by atoms with Gasteiger partial charge in [-0.3, -0.25) is 43.2 Å². The molecular weight excluding hydrogens is 949 g/mol. The Bertz CT molecular complexity index is 1930. The van der Waals surface area contributed by atoms with Gasteiger partial charge in [0.25, 0.3) is 0 Å². The van der Waals surface area contributed by atoms with Crippen molar-refractivity contribution >= 4 is 53.2 Å². The van der Waals surface area contributed by atoms with Crippen LogP contribution in [0.2, 0.25) is 0 Å². The molecule has 9 amide bonds. The van der Waals surface area contributed by atoms with Crippen molar-refractivity contribution in [3.63, 3.8) is 0 Å². The van der Waals surface area contributed by atoms with E-state index < -0.39 is 120 Å². The lowest BCUT2D eigenvalue weighted by Crippen LogP contribution is -2.61. The highest BCUT2D eigenvalue weighted by Crippen LogP contribution is 2.12. The smallest absolute Gasteiger partial charge is 0.245 e. The molecule has 73 heavy (non-hydrogen) atoms. The number of amides is 9. The van der Waals surface area contributed by atoms with E-state index in [9.17, 15) is 53.4 Å². The summed E-state index contributed by atoms with van der Waals surface area (Å²) in [7, 11) is 0. The minimum Gasteiger partial charge on any atom is -0.391 e. The molecular formula is C48H84N14O11. The van der Waals surface area contributed by atoms with E-state index in [-0.39, 0.29) is 116 Å². The second kappa shape index (κ2) is 33.8. The molecule has 25 nitrogen and oxygen atoms in total. The summed E-state index contributed by atoms with van der Waals surface area (Å²) in [6.45, 7) is 6.53. The highest BCUT2D eigenvalue weighted by Gasteiger charge is 2.36. The van der Waals surface area contributed by atoms with Gasteiger partial charge in [0.2, 0.25) is 53.2 Å². The molecule has 1 saturated heterocycles. The van der Waals surface area contributed by atoms with Gasteiger partial charge in [-0.1, -0.05) is 44.2 Å². The number of hydrogen-bond donors (Lipinski definition) is 16. The Kier molecular flexibility index (Phi) is 29.3. The van der Waals surface area contributed by atoms with Gasteiger partial charge in [0.05, 0.1) is 12.2 Å². The van der Waals surface area contributed by atoms with Gasteiger partial charge in [-0.25, -0.2) is 0 Å². The van der Waals surface area contributed by atoms with Crippen molar-refractivity contribution in [2.75, 3.05) is 32.7 Å². The first-order valence-corrected chi connectivity index (χ1v) is 25.3. The van der Waals surface area contributed by atoms with Crippen molar-refractivity contribution in [1.29, 1.82) is 0 Å². The van der Waals surface area contributed by atoms with Crippen LogP contribution in [0.1, 0.15) is 104 Å². The summed E-state index contributed by atoms with van der Waals surface area (Å²) in [6.07, 6.45) is -1.87. The third-order valence-electron chi connectivity index (χ3n) is 12.1. The Balaban J connectivity index is 2.77. The number of carbonyl (C=O) groups is 9. The molecule has 0 spiro atoms. The number of benzene rings is 1. The lowest BCUT2D eigenvalue weighted by Gasteiger charge is -2.29. The normalized spacial score (nSPS) is 24.2. The lowest BCUT2D eigenvalue weighted by molar-refractivity contribution is -0.136. The van der Waals surface area contributed by atoms with E-state index in [4.69, 9.17) is 28.7 Å². The van der Waals surface area contributed by atoms with Gasteiger partial charge in [0.15, 0.2) is 0 Å². The highest BCUT2D eigenvalue weighted by atomic mass is 16.3. The number of hydrogen-bond acceptors (Lipinski definition) is 16. The van der Waals surface area contributed by atoms with E-state index in [1.54, 1.807) is 30.3 Å². The van der Waals surface area contributed by atoms with Crippen LogP contribution in [0.5, 0.6) is 0 Å². The van der Waals surface area contributed by atoms with E-state index >= 15 is 0 Å². The van der Waals surface area contributed by atoms with Crippen molar-refractivity contribution in [2.24, 2.45) is 34.6 Å².